The number of carbonyl (C=O) groups is 2. The largest absolute Gasteiger partial charge is 0.464 e. The first-order valence-corrected chi connectivity index (χ1v) is 12.2. The molecule has 0 N–H and O–H groups in total. The normalized spacial score (nSPS) is 11.5. The Morgan fingerprint density at radius 2 is 1.35 bits per heavy atom. The minimum atomic E-state index is -0.875. The Balaban J connectivity index is 1.37. The maximum atomic E-state index is 13.7. The zero-order valence-corrected chi connectivity index (χ0v) is 21.5. The number of hydrogen-bond donors (Lipinski definition) is 0. The summed E-state index contributed by atoms with van der Waals surface area (Å²) in [5.74, 6) is -1.33. The van der Waals surface area contributed by atoms with Crippen molar-refractivity contribution in [1.29, 1.82) is 0 Å². The fourth-order valence-corrected chi connectivity index (χ4v) is 4.81. The number of carbonyl (C=O) groups excluding carboxylic acids is 2. The van der Waals surface area contributed by atoms with E-state index in [4.69, 9.17) is 8.83 Å². The van der Waals surface area contributed by atoms with Gasteiger partial charge in [0.25, 0.3) is 0 Å². The first-order chi connectivity index (χ1) is 17.8. The van der Waals surface area contributed by atoms with Gasteiger partial charge in [0.15, 0.2) is 0 Å². The molecule has 0 saturated carbocycles. The van der Waals surface area contributed by atoms with Crippen LogP contribution in [0.15, 0.2) is 76.0 Å². The summed E-state index contributed by atoms with van der Waals surface area (Å²) in [5.41, 5.74) is 5.22. The van der Waals surface area contributed by atoms with Crippen LogP contribution in [0.4, 0.5) is 0 Å². The Morgan fingerprint density at radius 1 is 0.838 bits per heavy atom. The van der Waals surface area contributed by atoms with Crippen LogP contribution in [0.5, 0.6) is 0 Å². The summed E-state index contributed by atoms with van der Waals surface area (Å²) in [6.07, 6.45) is 3.56. The quantitative estimate of drug-likeness (QED) is 0.290. The zero-order valence-electron chi connectivity index (χ0n) is 21.5. The molecule has 0 unspecified atom stereocenters. The van der Waals surface area contributed by atoms with E-state index in [0.29, 0.717) is 13.1 Å². The summed E-state index contributed by atoms with van der Waals surface area (Å²) in [5, 5.41) is 6.36. The van der Waals surface area contributed by atoms with Gasteiger partial charge >= 0.3 is 0 Å². The van der Waals surface area contributed by atoms with Crippen LogP contribution in [-0.4, -0.2) is 45.5 Å². The molecule has 8 nitrogen and oxygen atoms in total. The van der Waals surface area contributed by atoms with Gasteiger partial charge in [-0.1, -0.05) is 12.1 Å². The molecule has 0 aliphatic rings. The number of rotatable bonds is 8. The van der Waals surface area contributed by atoms with Crippen LogP contribution in [0.3, 0.4) is 0 Å². The SMILES string of the molecule is Cc1cc(CC(C(=O)N(C)Cc2ccc3occc3c2)C(=O)N(C)Cc2ccc3occc3c2)n(C)n1. The van der Waals surface area contributed by atoms with Gasteiger partial charge in [-0.3, -0.25) is 14.3 Å². The van der Waals surface area contributed by atoms with Crippen molar-refractivity contribution < 1.29 is 18.4 Å². The molecule has 3 aromatic heterocycles. The summed E-state index contributed by atoms with van der Waals surface area (Å²) in [4.78, 5) is 30.7. The second kappa shape index (κ2) is 9.97. The monoisotopic (exact) mass is 498 g/mol. The highest BCUT2D eigenvalue weighted by Gasteiger charge is 2.33. The van der Waals surface area contributed by atoms with Crippen LogP contribution < -0.4 is 0 Å². The summed E-state index contributed by atoms with van der Waals surface area (Å²) >= 11 is 0. The number of furan rings is 2. The highest BCUT2D eigenvalue weighted by Crippen LogP contribution is 2.22. The van der Waals surface area contributed by atoms with Gasteiger partial charge in [0, 0.05) is 57.1 Å². The highest BCUT2D eigenvalue weighted by atomic mass is 16.3. The molecule has 5 aromatic rings. The number of aromatic nitrogens is 2. The average molecular weight is 499 g/mol. The van der Waals surface area contributed by atoms with Crippen molar-refractivity contribution in [2.75, 3.05) is 14.1 Å². The Kier molecular flexibility index (Phi) is 6.56. The fraction of sp³-hybridized carbons (Fsp3) is 0.276. The smallest absolute Gasteiger partial charge is 0.235 e. The lowest BCUT2D eigenvalue weighted by atomic mass is 9.98. The van der Waals surface area contributed by atoms with E-state index in [1.54, 1.807) is 41.1 Å². The minimum absolute atomic E-state index is 0.228. The molecule has 0 spiro atoms. The molecule has 0 fully saturated rings. The lowest BCUT2D eigenvalue weighted by Gasteiger charge is -2.27. The van der Waals surface area contributed by atoms with Crippen molar-refractivity contribution in [3.63, 3.8) is 0 Å². The van der Waals surface area contributed by atoms with Crippen LogP contribution in [-0.2, 0) is 36.1 Å². The van der Waals surface area contributed by atoms with E-state index >= 15 is 0 Å². The van der Waals surface area contributed by atoms with Crippen LogP contribution >= 0.6 is 0 Å². The molecule has 2 aromatic carbocycles. The van der Waals surface area contributed by atoms with Crippen molar-refractivity contribution in [1.82, 2.24) is 19.6 Å². The fourth-order valence-electron chi connectivity index (χ4n) is 4.81. The number of aryl methyl sites for hydroxylation is 2. The van der Waals surface area contributed by atoms with Crippen molar-refractivity contribution in [3.05, 3.63) is 89.6 Å². The first-order valence-electron chi connectivity index (χ1n) is 12.2. The van der Waals surface area contributed by atoms with Crippen molar-refractivity contribution >= 4 is 33.8 Å². The van der Waals surface area contributed by atoms with Crippen LogP contribution in [0.2, 0.25) is 0 Å². The molecule has 0 atom stereocenters. The molecule has 0 aliphatic heterocycles. The molecule has 8 heteroatoms. The number of hydrogen-bond acceptors (Lipinski definition) is 5. The molecule has 3 heterocycles. The van der Waals surface area contributed by atoms with Crippen molar-refractivity contribution in [2.45, 2.75) is 26.4 Å². The molecule has 37 heavy (non-hydrogen) atoms. The summed E-state index contributed by atoms with van der Waals surface area (Å²) in [6.45, 7) is 2.67. The Bertz CT molecular complexity index is 1480. The lowest BCUT2D eigenvalue weighted by Crippen LogP contribution is -2.43. The Morgan fingerprint density at radius 3 is 1.81 bits per heavy atom. The average Bonchev–Trinajstić information content (AvgIpc) is 3.60. The highest BCUT2D eigenvalue weighted by molar-refractivity contribution is 6.00. The maximum Gasteiger partial charge on any atom is 0.235 e. The first kappa shape index (κ1) is 24.4. The number of amides is 2. The molecule has 5 rings (SSSR count). The van der Waals surface area contributed by atoms with Crippen LogP contribution in [0.1, 0.15) is 22.5 Å². The molecule has 190 valence electrons. The topological polar surface area (TPSA) is 84.7 Å². The number of fused-ring (bicyclic) bond motifs is 2. The van der Waals surface area contributed by atoms with E-state index in [0.717, 1.165) is 44.5 Å². The van der Waals surface area contributed by atoms with Gasteiger partial charge in [0.2, 0.25) is 11.8 Å². The molecular weight excluding hydrogens is 468 g/mol. The second-order valence-corrected chi connectivity index (χ2v) is 9.63. The van der Waals surface area contributed by atoms with Crippen LogP contribution in [0.25, 0.3) is 21.9 Å². The molecular formula is C29H30N4O4. The van der Waals surface area contributed by atoms with Gasteiger partial charge in [-0.25, -0.2) is 0 Å². The molecule has 0 saturated heterocycles. The second-order valence-electron chi connectivity index (χ2n) is 9.63. The predicted molar refractivity (Wildman–Crippen MR) is 141 cm³/mol. The zero-order chi connectivity index (χ0) is 26.1. The molecule has 0 radical (unpaired) electrons. The third-order valence-corrected chi connectivity index (χ3v) is 6.73. The molecule has 0 aliphatic carbocycles. The van der Waals surface area contributed by atoms with E-state index in [9.17, 15) is 9.59 Å². The molecule has 2 amide bonds. The standard InChI is InChI=1S/C29H30N4O4/c1-19-13-24(33(4)30-19)16-25(28(34)31(2)17-20-5-7-26-22(14-20)9-11-36-26)29(35)32(3)18-21-6-8-27-23(15-21)10-12-37-27/h5-15,25H,16-18H2,1-4H3. The number of benzene rings is 2. The van der Waals surface area contributed by atoms with Gasteiger partial charge in [0.1, 0.15) is 17.1 Å². The minimum Gasteiger partial charge on any atom is -0.464 e. The van der Waals surface area contributed by atoms with Crippen molar-refractivity contribution in [2.24, 2.45) is 13.0 Å². The third kappa shape index (κ3) is 5.14. The van der Waals surface area contributed by atoms with Gasteiger partial charge < -0.3 is 18.6 Å². The van der Waals surface area contributed by atoms with Crippen LogP contribution in [0, 0.1) is 12.8 Å². The van der Waals surface area contributed by atoms with E-state index in [-0.39, 0.29) is 18.2 Å². The van der Waals surface area contributed by atoms with Gasteiger partial charge in [-0.15, -0.1) is 0 Å². The van der Waals surface area contributed by atoms with E-state index in [2.05, 4.69) is 5.10 Å². The predicted octanol–water partition coefficient (Wildman–Crippen LogP) is 4.70. The van der Waals surface area contributed by atoms with Gasteiger partial charge in [0.05, 0.1) is 18.2 Å². The van der Waals surface area contributed by atoms with E-state index in [1.807, 2.05) is 68.6 Å². The Labute approximate surface area is 215 Å². The summed E-state index contributed by atoms with van der Waals surface area (Å²) in [6, 6.07) is 17.4. The van der Waals surface area contributed by atoms with Gasteiger partial charge in [-0.05, 0) is 60.5 Å². The maximum absolute atomic E-state index is 13.7. The van der Waals surface area contributed by atoms with E-state index < -0.39 is 5.92 Å². The molecule has 0 bridgehead atoms. The Hall–Kier alpha value is -4.33. The lowest BCUT2D eigenvalue weighted by molar-refractivity contribution is -0.146. The van der Waals surface area contributed by atoms with Gasteiger partial charge in [-0.2, -0.15) is 5.10 Å². The number of nitrogens with zero attached hydrogens (tertiary/aromatic N) is 4. The summed E-state index contributed by atoms with van der Waals surface area (Å²) in [7, 11) is 5.31. The summed E-state index contributed by atoms with van der Waals surface area (Å²) < 4.78 is 12.6. The van der Waals surface area contributed by atoms with Crippen molar-refractivity contribution in [3.8, 4) is 0 Å². The van der Waals surface area contributed by atoms with E-state index in [1.165, 1.54) is 0 Å². The third-order valence-electron chi connectivity index (χ3n) is 6.73.